The second-order valence-corrected chi connectivity index (χ2v) is 5.46. The SMILES string of the molecule is CCOc1ccc(OCC)c(NC(=O)Cn2nnc(-c3cccnc3)n2)c1. The van der Waals surface area contributed by atoms with Crippen LogP contribution in [0.25, 0.3) is 11.4 Å². The Morgan fingerprint density at radius 3 is 2.78 bits per heavy atom. The Morgan fingerprint density at radius 2 is 2.04 bits per heavy atom. The Morgan fingerprint density at radius 1 is 1.19 bits per heavy atom. The van der Waals surface area contributed by atoms with Crippen molar-refractivity contribution < 1.29 is 14.3 Å². The van der Waals surface area contributed by atoms with E-state index in [4.69, 9.17) is 9.47 Å². The molecule has 3 rings (SSSR count). The highest BCUT2D eigenvalue weighted by Gasteiger charge is 2.13. The number of benzene rings is 1. The lowest BCUT2D eigenvalue weighted by Crippen LogP contribution is -2.21. The number of nitrogens with one attached hydrogen (secondary N) is 1. The molecule has 0 unspecified atom stereocenters. The third kappa shape index (κ3) is 4.78. The first-order chi connectivity index (χ1) is 13.2. The summed E-state index contributed by atoms with van der Waals surface area (Å²) >= 11 is 0. The van der Waals surface area contributed by atoms with Crippen LogP contribution in [0.15, 0.2) is 42.7 Å². The molecule has 9 heteroatoms. The van der Waals surface area contributed by atoms with Crippen LogP contribution in [0.1, 0.15) is 13.8 Å². The van der Waals surface area contributed by atoms with Crippen LogP contribution in [0.2, 0.25) is 0 Å². The number of pyridine rings is 1. The fourth-order valence-electron chi connectivity index (χ4n) is 2.38. The summed E-state index contributed by atoms with van der Waals surface area (Å²) in [6.45, 7) is 4.70. The molecule has 0 fully saturated rings. The molecule has 2 aromatic heterocycles. The number of nitrogens with zero attached hydrogens (tertiary/aromatic N) is 5. The number of carbonyl (C=O) groups is 1. The highest BCUT2D eigenvalue weighted by molar-refractivity contribution is 5.92. The van der Waals surface area contributed by atoms with Crippen molar-refractivity contribution in [2.24, 2.45) is 0 Å². The molecule has 3 aromatic rings. The van der Waals surface area contributed by atoms with E-state index in [9.17, 15) is 4.79 Å². The number of carbonyl (C=O) groups excluding carboxylic acids is 1. The summed E-state index contributed by atoms with van der Waals surface area (Å²) in [5.41, 5.74) is 1.26. The Hall–Kier alpha value is -3.49. The molecule has 1 amide bonds. The lowest BCUT2D eigenvalue weighted by Gasteiger charge is -2.13. The summed E-state index contributed by atoms with van der Waals surface area (Å²) in [4.78, 5) is 17.6. The van der Waals surface area contributed by atoms with Gasteiger partial charge in [0.1, 0.15) is 18.0 Å². The monoisotopic (exact) mass is 368 g/mol. The summed E-state index contributed by atoms with van der Waals surface area (Å²) in [7, 11) is 0. The molecule has 1 N–H and O–H groups in total. The summed E-state index contributed by atoms with van der Waals surface area (Å²) in [6.07, 6.45) is 3.29. The van der Waals surface area contributed by atoms with Gasteiger partial charge < -0.3 is 14.8 Å². The van der Waals surface area contributed by atoms with Gasteiger partial charge in [0.05, 0.1) is 18.9 Å². The second kappa shape index (κ2) is 8.75. The molecule has 27 heavy (non-hydrogen) atoms. The first-order valence-electron chi connectivity index (χ1n) is 8.57. The van der Waals surface area contributed by atoms with E-state index >= 15 is 0 Å². The number of hydrogen-bond acceptors (Lipinski definition) is 7. The smallest absolute Gasteiger partial charge is 0.248 e. The van der Waals surface area contributed by atoms with Crippen LogP contribution >= 0.6 is 0 Å². The largest absolute Gasteiger partial charge is 0.494 e. The van der Waals surface area contributed by atoms with Gasteiger partial charge in [-0.25, -0.2) is 0 Å². The molecule has 0 aliphatic rings. The minimum atomic E-state index is -0.306. The molecule has 9 nitrogen and oxygen atoms in total. The molecular weight excluding hydrogens is 348 g/mol. The Balaban J connectivity index is 1.70. The van der Waals surface area contributed by atoms with Crippen molar-refractivity contribution in [2.45, 2.75) is 20.4 Å². The minimum absolute atomic E-state index is 0.0856. The topological polar surface area (TPSA) is 104 Å². The van der Waals surface area contributed by atoms with Gasteiger partial charge in [0.15, 0.2) is 0 Å². The molecule has 0 atom stereocenters. The second-order valence-electron chi connectivity index (χ2n) is 5.46. The van der Waals surface area contributed by atoms with Gasteiger partial charge in [-0.15, -0.1) is 10.2 Å². The Labute approximate surface area is 156 Å². The van der Waals surface area contributed by atoms with Crippen LogP contribution in [-0.4, -0.2) is 44.3 Å². The maximum atomic E-state index is 12.4. The van der Waals surface area contributed by atoms with E-state index in [0.29, 0.717) is 36.2 Å². The van der Waals surface area contributed by atoms with Gasteiger partial charge in [-0.05, 0) is 43.3 Å². The summed E-state index contributed by atoms with van der Waals surface area (Å²) < 4.78 is 11.0. The normalized spacial score (nSPS) is 10.4. The Bertz CT molecular complexity index is 897. The van der Waals surface area contributed by atoms with Gasteiger partial charge >= 0.3 is 0 Å². The van der Waals surface area contributed by atoms with Crippen LogP contribution in [0.5, 0.6) is 11.5 Å². The molecule has 140 valence electrons. The predicted molar refractivity (Wildman–Crippen MR) is 98.5 cm³/mol. The molecule has 0 spiro atoms. The molecule has 0 saturated heterocycles. The van der Waals surface area contributed by atoms with Crippen molar-refractivity contribution in [3.8, 4) is 22.9 Å². The van der Waals surface area contributed by atoms with Crippen LogP contribution in [0.3, 0.4) is 0 Å². The predicted octanol–water partition coefficient (Wildman–Crippen LogP) is 2.17. The summed E-state index contributed by atoms with van der Waals surface area (Å²) in [5.74, 6) is 1.31. The number of rotatable bonds is 8. The van der Waals surface area contributed by atoms with Crippen LogP contribution in [0.4, 0.5) is 5.69 Å². The molecule has 2 heterocycles. The highest BCUT2D eigenvalue weighted by atomic mass is 16.5. The van der Waals surface area contributed by atoms with Crippen LogP contribution < -0.4 is 14.8 Å². The fraction of sp³-hybridized carbons (Fsp3) is 0.278. The van der Waals surface area contributed by atoms with Gasteiger partial charge in [-0.3, -0.25) is 9.78 Å². The number of tetrazole rings is 1. The molecular formula is C18H20N6O3. The van der Waals surface area contributed by atoms with E-state index in [2.05, 4.69) is 25.7 Å². The highest BCUT2D eigenvalue weighted by Crippen LogP contribution is 2.29. The van der Waals surface area contributed by atoms with Crippen molar-refractivity contribution in [3.05, 3.63) is 42.7 Å². The van der Waals surface area contributed by atoms with E-state index in [-0.39, 0.29) is 12.5 Å². The zero-order chi connectivity index (χ0) is 19.1. The molecule has 1 aromatic carbocycles. The maximum Gasteiger partial charge on any atom is 0.248 e. The van der Waals surface area contributed by atoms with E-state index in [0.717, 1.165) is 5.56 Å². The first kappa shape index (κ1) is 18.3. The van der Waals surface area contributed by atoms with E-state index in [1.54, 1.807) is 36.7 Å². The molecule has 0 radical (unpaired) electrons. The van der Waals surface area contributed by atoms with E-state index in [1.165, 1.54) is 4.80 Å². The molecule has 0 aliphatic heterocycles. The van der Waals surface area contributed by atoms with Crippen molar-refractivity contribution in [2.75, 3.05) is 18.5 Å². The maximum absolute atomic E-state index is 12.4. The van der Waals surface area contributed by atoms with Gasteiger partial charge in [0.2, 0.25) is 11.7 Å². The number of hydrogen-bond donors (Lipinski definition) is 1. The third-order valence-electron chi connectivity index (χ3n) is 3.49. The molecule has 0 aliphatic carbocycles. The number of aromatic nitrogens is 5. The third-order valence-corrected chi connectivity index (χ3v) is 3.49. The van der Waals surface area contributed by atoms with Gasteiger partial charge in [-0.2, -0.15) is 4.80 Å². The first-order valence-corrected chi connectivity index (χ1v) is 8.57. The fourth-order valence-corrected chi connectivity index (χ4v) is 2.38. The summed E-state index contributed by atoms with van der Waals surface area (Å²) in [5, 5.41) is 14.9. The van der Waals surface area contributed by atoms with Gasteiger partial charge in [-0.1, -0.05) is 0 Å². The lowest BCUT2D eigenvalue weighted by atomic mass is 10.2. The van der Waals surface area contributed by atoms with E-state index in [1.807, 2.05) is 19.9 Å². The lowest BCUT2D eigenvalue weighted by molar-refractivity contribution is -0.117. The number of anilines is 1. The molecule has 0 saturated carbocycles. The van der Waals surface area contributed by atoms with Crippen molar-refractivity contribution >= 4 is 11.6 Å². The average Bonchev–Trinajstić information content (AvgIpc) is 3.13. The van der Waals surface area contributed by atoms with E-state index < -0.39 is 0 Å². The molecule has 0 bridgehead atoms. The van der Waals surface area contributed by atoms with Crippen LogP contribution in [-0.2, 0) is 11.3 Å². The average molecular weight is 368 g/mol. The van der Waals surface area contributed by atoms with Gasteiger partial charge in [0.25, 0.3) is 0 Å². The van der Waals surface area contributed by atoms with Gasteiger partial charge in [0, 0.05) is 24.0 Å². The minimum Gasteiger partial charge on any atom is -0.494 e. The summed E-state index contributed by atoms with van der Waals surface area (Å²) in [6, 6.07) is 8.88. The van der Waals surface area contributed by atoms with Crippen molar-refractivity contribution in [1.82, 2.24) is 25.2 Å². The Kier molecular flexibility index (Phi) is 5.93. The zero-order valence-electron chi connectivity index (χ0n) is 15.1. The quantitative estimate of drug-likeness (QED) is 0.650. The van der Waals surface area contributed by atoms with Crippen LogP contribution in [0, 0.1) is 0 Å². The van der Waals surface area contributed by atoms with Crippen molar-refractivity contribution in [1.29, 1.82) is 0 Å². The van der Waals surface area contributed by atoms with Crippen molar-refractivity contribution in [3.63, 3.8) is 0 Å². The zero-order valence-corrected chi connectivity index (χ0v) is 15.1. The number of amides is 1. The number of ether oxygens (including phenoxy) is 2. The standard InChI is InChI=1S/C18H20N6O3/c1-3-26-14-7-8-16(27-4-2)15(10-14)20-17(25)12-24-22-18(21-23-24)13-6-5-9-19-11-13/h5-11H,3-4,12H2,1-2H3,(H,20,25).